The second-order valence-corrected chi connectivity index (χ2v) is 6.73. The molecule has 2 aromatic carbocycles. The number of amides is 2. The van der Waals surface area contributed by atoms with Crippen molar-refractivity contribution in [3.8, 4) is 0 Å². The molecule has 0 radical (unpaired) electrons. The molecule has 1 saturated heterocycles. The van der Waals surface area contributed by atoms with Gasteiger partial charge < -0.3 is 0 Å². The Bertz CT molecular complexity index is 957. The lowest BCUT2D eigenvalue weighted by molar-refractivity contribution is -0.121. The van der Waals surface area contributed by atoms with Gasteiger partial charge in [-0.25, -0.2) is 14.3 Å². The van der Waals surface area contributed by atoms with E-state index in [1.54, 1.807) is 0 Å². The van der Waals surface area contributed by atoms with Crippen LogP contribution in [0.1, 0.15) is 17.5 Å². The van der Waals surface area contributed by atoms with Crippen LogP contribution < -0.4 is 9.91 Å². The molecule has 2 aliphatic heterocycles. The topological polar surface area (TPSA) is 65.3 Å². The van der Waals surface area contributed by atoms with Crippen LogP contribution >= 0.6 is 0 Å². The van der Waals surface area contributed by atoms with E-state index < -0.39 is 12.1 Å². The number of carbonyl (C=O) groups is 2. The van der Waals surface area contributed by atoms with Crippen molar-refractivity contribution in [3.05, 3.63) is 59.4 Å². The smallest absolute Gasteiger partial charge is 0.263 e. The zero-order valence-corrected chi connectivity index (χ0v) is 13.8. The van der Waals surface area contributed by atoms with Crippen LogP contribution in [0.2, 0.25) is 0 Å². The quantitative estimate of drug-likeness (QED) is 0.783. The molecular weight excluding hydrogens is 335 g/mol. The molecule has 1 fully saturated rings. The second-order valence-electron chi connectivity index (χ2n) is 6.73. The zero-order valence-electron chi connectivity index (χ0n) is 13.8. The van der Waals surface area contributed by atoms with Gasteiger partial charge in [0.05, 0.1) is 11.4 Å². The van der Waals surface area contributed by atoms with E-state index in [-0.39, 0.29) is 17.6 Å². The molecule has 1 aliphatic carbocycles. The summed E-state index contributed by atoms with van der Waals surface area (Å²) in [6, 6.07) is 9.68. The van der Waals surface area contributed by atoms with E-state index in [0.29, 0.717) is 11.4 Å². The highest BCUT2D eigenvalue weighted by Gasteiger charge is 2.55. The lowest BCUT2D eigenvalue weighted by Gasteiger charge is -2.21. The molecule has 2 amide bonds. The fraction of sp³-hybridized carbons (Fsp3) is 0.263. The van der Waals surface area contributed by atoms with Gasteiger partial charge >= 0.3 is 0 Å². The molecule has 2 heterocycles. The third kappa shape index (κ3) is 2.09. The highest BCUT2D eigenvalue weighted by atomic mass is 19.1. The molecule has 26 heavy (non-hydrogen) atoms. The van der Waals surface area contributed by atoms with E-state index in [0.717, 1.165) is 19.3 Å². The number of anilines is 2. The first-order valence-electron chi connectivity index (χ1n) is 8.59. The van der Waals surface area contributed by atoms with Crippen molar-refractivity contribution in [2.24, 2.45) is 10.3 Å². The van der Waals surface area contributed by atoms with Crippen molar-refractivity contribution in [1.82, 2.24) is 0 Å². The number of carbonyl (C=O) groups excluding carboxylic acids is 2. The van der Waals surface area contributed by atoms with Crippen LogP contribution in [0.5, 0.6) is 0 Å². The van der Waals surface area contributed by atoms with Gasteiger partial charge in [0, 0.05) is 0 Å². The minimum absolute atomic E-state index is 0.354. The molecule has 0 N–H and O–H groups in total. The maximum absolute atomic E-state index is 13.2. The van der Waals surface area contributed by atoms with Crippen molar-refractivity contribution in [3.63, 3.8) is 0 Å². The van der Waals surface area contributed by atoms with Crippen molar-refractivity contribution in [2.75, 3.05) is 9.91 Å². The Hall–Kier alpha value is -3.09. The number of nitrogens with zero attached hydrogens (tertiary/aromatic N) is 4. The normalized spacial score (nSPS) is 23.7. The number of aryl methyl sites for hydroxylation is 2. The lowest BCUT2D eigenvalue weighted by Crippen LogP contribution is -2.39. The molecule has 3 aliphatic rings. The Morgan fingerprint density at radius 3 is 2.46 bits per heavy atom. The molecule has 6 nitrogen and oxygen atoms in total. The van der Waals surface area contributed by atoms with Gasteiger partial charge in [0.15, 0.2) is 12.1 Å². The number of fused-ring (bicyclic) bond motifs is 2. The van der Waals surface area contributed by atoms with Gasteiger partial charge in [-0.15, -0.1) is 0 Å². The molecule has 130 valence electrons. The van der Waals surface area contributed by atoms with Gasteiger partial charge in [-0.05, 0) is 66.8 Å². The first-order valence-corrected chi connectivity index (χ1v) is 8.59. The monoisotopic (exact) mass is 350 g/mol. The molecule has 0 bridgehead atoms. The van der Waals surface area contributed by atoms with Crippen LogP contribution in [0, 0.1) is 5.82 Å². The van der Waals surface area contributed by atoms with Gasteiger partial charge in [0.1, 0.15) is 5.82 Å². The first-order chi connectivity index (χ1) is 12.6. The van der Waals surface area contributed by atoms with Crippen LogP contribution in [-0.4, -0.2) is 23.9 Å². The number of hydrogen-bond acceptors (Lipinski definition) is 5. The van der Waals surface area contributed by atoms with Crippen LogP contribution in [0.4, 0.5) is 15.8 Å². The van der Waals surface area contributed by atoms with Crippen LogP contribution in [-0.2, 0) is 22.4 Å². The predicted octanol–water partition coefficient (Wildman–Crippen LogP) is 2.81. The SMILES string of the molecule is O=C1C2N=NN(c3ccc(F)cc3)C2C(=O)N1c1ccc2c(c1)CCC2. The zero-order chi connectivity index (χ0) is 17.8. The summed E-state index contributed by atoms with van der Waals surface area (Å²) >= 11 is 0. The lowest BCUT2D eigenvalue weighted by atomic mass is 10.1. The summed E-state index contributed by atoms with van der Waals surface area (Å²) in [6.45, 7) is 0. The summed E-state index contributed by atoms with van der Waals surface area (Å²) < 4.78 is 13.2. The summed E-state index contributed by atoms with van der Waals surface area (Å²) in [5.74, 6) is -1.10. The Balaban J connectivity index is 1.50. The fourth-order valence-corrected chi connectivity index (χ4v) is 3.92. The third-order valence-electron chi connectivity index (χ3n) is 5.21. The molecule has 2 atom stereocenters. The molecule has 0 saturated carbocycles. The van der Waals surface area contributed by atoms with Crippen molar-refractivity contribution in [1.29, 1.82) is 0 Å². The molecule has 5 rings (SSSR count). The Labute approximate surface area is 148 Å². The molecule has 7 heteroatoms. The molecular formula is C19H15FN4O2. The highest BCUT2D eigenvalue weighted by molar-refractivity contribution is 6.26. The van der Waals surface area contributed by atoms with Crippen molar-refractivity contribution in [2.45, 2.75) is 31.3 Å². The van der Waals surface area contributed by atoms with Gasteiger partial charge in [-0.1, -0.05) is 11.3 Å². The molecule has 0 aromatic heterocycles. The van der Waals surface area contributed by atoms with Gasteiger partial charge in [-0.3, -0.25) is 9.59 Å². The number of hydrogen-bond donors (Lipinski definition) is 0. The Morgan fingerprint density at radius 1 is 0.923 bits per heavy atom. The van der Waals surface area contributed by atoms with Crippen LogP contribution in [0.15, 0.2) is 52.8 Å². The fourth-order valence-electron chi connectivity index (χ4n) is 3.92. The summed E-state index contributed by atoms with van der Waals surface area (Å²) in [6.07, 6.45) is 3.10. The minimum Gasteiger partial charge on any atom is -0.271 e. The maximum Gasteiger partial charge on any atom is 0.263 e. The maximum atomic E-state index is 13.2. The van der Waals surface area contributed by atoms with E-state index in [4.69, 9.17) is 0 Å². The molecule has 2 unspecified atom stereocenters. The van der Waals surface area contributed by atoms with Crippen LogP contribution in [0.3, 0.4) is 0 Å². The average molecular weight is 350 g/mol. The van der Waals surface area contributed by atoms with Crippen molar-refractivity contribution < 1.29 is 14.0 Å². The van der Waals surface area contributed by atoms with E-state index in [2.05, 4.69) is 10.3 Å². The van der Waals surface area contributed by atoms with E-state index >= 15 is 0 Å². The van der Waals surface area contributed by atoms with E-state index in [9.17, 15) is 14.0 Å². The highest BCUT2D eigenvalue weighted by Crippen LogP contribution is 2.36. The Kier molecular flexibility index (Phi) is 3.19. The summed E-state index contributed by atoms with van der Waals surface area (Å²) in [5.41, 5.74) is 3.58. The predicted molar refractivity (Wildman–Crippen MR) is 92.3 cm³/mol. The first kappa shape index (κ1) is 15.2. The molecule has 0 spiro atoms. The number of rotatable bonds is 2. The third-order valence-corrected chi connectivity index (χ3v) is 5.21. The van der Waals surface area contributed by atoms with E-state index in [1.165, 1.54) is 45.3 Å². The number of halogens is 1. The summed E-state index contributed by atoms with van der Waals surface area (Å²) in [5, 5.41) is 9.38. The average Bonchev–Trinajstić information content (AvgIpc) is 3.33. The standard InChI is InChI=1S/C19H15FN4O2/c20-13-5-8-14(9-6-13)24-17-16(21-22-24)18(25)23(19(17)26)15-7-4-11-2-1-3-12(11)10-15/h4-10,16-17H,1-3H2. The summed E-state index contributed by atoms with van der Waals surface area (Å²) in [4.78, 5) is 27.0. The summed E-state index contributed by atoms with van der Waals surface area (Å²) in [7, 11) is 0. The van der Waals surface area contributed by atoms with Gasteiger partial charge in [0.2, 0.25) is 0 Å². The van der Waals surface area contributed by atoms with E-state index in [1.807, 2.05) is 18.2 Å². The largest absolute Gasteiger partial charge is 0.271 e. The Morgan fingerprint density at radius 2 is 1.65 bits per heavy atom. The second kappa shape index (κ2) is 5.45. The van der Waals surface area contributed by atoms with Gasteiger partial charge in [0.25, 0.3) is 11.8 Å². The van der Waals surface area contributed by atoms with Gasteiger partial charge in [-0.2, -0.15) is 5.11 Å². The van der Waals surface area contributed by atoms with Crippen LogP contribution in [0.25, 0.3) is 0 Å². The number of benzene rings is 2. The number of imide groups is 1. The molecule has 2 aromatic rings. The minimum atomic E-state index is -0.860. The van der Waals surface area contributed by atoms with Crippen molar-refractivity contribution >= 4 is 23.2 Å².